The predicted octanol–water partition coefficient (Wildman–Crippen LogP) is 5.17. The summed E-state index contributed by atoms with van der Waals surface area (Å²) in [6.45, 7) is 19.0. The second kappa shape index (κ2) is 6.89. The van der Waals surface area contributed by atoms with E-state index in [9.17, 15) is 8.42 Å². The van der Waals surface area contributed by atoms with Crippen LogP contribution in [-0.4, -0.2) is 25.3 Å². The van der Waals surface area contributed by atoms with Gasteiger partial charge in [0.05, 0.1) is 4.90 Å². The molecule has 3 nitrogen and oxygen atoms in total. The topological polar surface area (TPSA) is 37.4 Å². The number of hydrogen-bond acceptors (Lipinski definition) is 2. The summed E-state index contributed by atoms with van der Waals surface area (Å²) in [7, 11) is -3.53. The first-order valence-electron chi connectivity index (χ1n) is 9.94. The first-order chi connectivity index (χ1) is 12.6. The van der Waals surface area contributed by atoms with E-state index in [1.165, 1.54) is 0 Å². The van der Waals surface area contributed by atoms with Crippen molar-refractivity contribution in [3.8, 4) is 0 Å². The Kier molecular flexibility index (Phi) is 5.19. The van der Waals surface area contributed by atoms with Gasteiger partial charge in [0.25, 0.3) is 0 Å². The molecule has 1 saturated carbocycles. The highest BCUT2D eigenvalue weighted by atomic mass is 32.2. The van der Waals surface area contributed by atoms with Gasteiger partial charge in [0.2, 0.25) is 10.0 Å². The Balaban J connectivity index is 2.06. The fourth-order valence-corrected chi connectivity index (χ4v) is 7.50. The largest absolute Gasteiger partial charge is 0.243 e. The van der Waals surface area contributed by atoms with Crippen molar-refractivity contribution in [3.63, 3.8) is 0 Å². The Morgan fingerprint density at radius 1 is 1.30 bits per heavy atom. The summed E-state index contributed by atoms with van der Waals surface area (Å²) in [6.07, 6.45) is 4.59. The van der Waals surface area contributed by atoms with Crippen molar-refractivity contribution in [2.75, 3.05) is 6.54 Å². The van der Waals surface area contributed by atoms with E-state index < -0.39 is 10.0 Å². The van der Waals surface area contributed by atoms with Crippen LogP contribution in [0, 0.1) is 38.0 Å². The molecule has 0 bridgehead atoms. The maximum absolute atomic E-state index is 13.7. The van der Waals surface area contributed by atoms with Gasteiger partial charge < -0.3 is 0 Å². The van der Waals surface area contributed by atoms with Crippen LogP contribution in [-0.2, 0) is 10.0 Å². The Hall–Kier alpha value is -1.39. The van der Waals surface area contributed by atoms with Crippen LogP contribution in [0.2, 0.25) is 0 Å². The van der Waals surface area contributed by atoms with E-state index >= 15 is 0 Å². The molecule has 1 aliphatic heterocycles. The second-order valence-corrected chi connectivity index (χ2v) is 10.8. The van der Waals surface area contributed by atoms with Crippen molar-refractivity contribution in [2.45, 2.75) is 64.8 Å². The smallest absolute Gasteiger partial charge is 0.207 e. The molecule has 4 heteroatoms. The van der Waals surface area contributed by atoms with Crippen molar-refractivity contribution >= 4 is 10.0 Å². The van der Waals surface area contributed by atoms with E-state index in [0.29, 0.717) is 23.3 Å². The number of rotatable bonds is 7. The van der Waals surface area contributed by atoms with Crippen molar-refractivity contribution in [3.05, 3.63) is 53.6 Å². The number of nitrogens with zero attached hydrogens (tertiary/aromatic N) is 1. The number of aryl methyl sites for hydroxylation is 3. The van der Waals surface area contributed by atoms with Crippen molar-refractivity contribution in [1.29, 1.82) is 0 Å². The molecule has 1 aliphatic carbocycles. The summed E-state index contributed by atoms with van der Waals surface area (Å²) in [5.74, 6) is 0.829. The summed E-state index contributed by atoms with van der Waals surface area (Å²) in [5.41, 5.74) is 3.88. The number of hydrogen-bond donors (Lipinski definition) is 0. The van der Waals surface area contributed by atoms with Crippen molar-refractivity contribution in [1.82, 2.24) is 4.31 Å². The van der Waals surface area contributed by atoms with Gasteiger partial charge in [-0.1, -0.05) is 49.8 Å². The highest BCUT2D eigenvalue weighted by Crippen LogP contribution is 2.67. The minimum absolute atomic E-state index is 0.0000491. The first-order valence-corrected chi connectivity index (χ1v) is 11.4. The Labute approximate surface area is 165 Å². The van der Waals surface area contributed by atoms with Gasteiger partial charge in [0.1, 0.15) is 0 Å². The molecule has 0 aromatic heterocycles. The fraction of sp³-hybridized carbons (Fsp3) is 0.565. The summed E-state index contributed by atoms with van der Waals surface area (Å²) in [5, 5.41) is 0. The lowest BCUT2D eigenvalue weighted by molar-refractivity contribution is 0.262. The average Bonchev–Trinajstić information content (AvgIpc) is 3.17. The molecule has 2 aliphatic rings. The summed E-state index contributed by atoms with van der Waals surface area (Å²) >= 11 is 0. The number of fused-ring (bicyclic) bond motifs is 1. The normalized spacial score (nSPS) is 27.6. The van der Waals surface area contributed by atoms with Crippen LogP contribution >= 0.6 is 0 Å². The van der Waals surface area contributed by atoms with E-state index in [1.807, 2.05) is 39.0 Å². The highest BCUT2D eigenvalue weighted by molar-refractivity contribution is 7.89. The van der Waals surface area contributed by atoms with Gasteiger partial charge in [0, 0.05) is 18.0 Å². The number of allylic oxidation sites excluding steroid dienone is 1. The lowest BCUT2D eigenvalue weighted by atomic mass is 9.83. The zero-order valence-corrected chi connectivity index (χ0v) is 18.2. The van der Waals surface area contributed by atoms with E-state index in [1.54, 1.807) is 4.31 Å². The molecular weight excluding hydrogens is 354 g/mol. The molecule has 1 heterocycles. The Morgan fingerprint density at radius 2 is 1.89 bits per heavy atom. The van der Waals surface area contributed by atoms with Gasteiger partial charge in [-0.05, 0) is 63.0 Å². The Bertz CT molecular complexity index is 861. The van der Waals surface area contributed by atoms with Gasteiger partial charge in [0.15, 0.2) is 0 Å². The fourth-order valence-electron chi connectivity index (χ4n) is 5.35. The van der Waals surface area contributed by atoms with Crippen molar-refractivity contribution < 1.29 is 8.42 Å². The number of benzene rings is 1. The van der Waals surface area contributed by atoms with E-state index in [4.69, 9.17) is 0 Å². The van der Waals surface area contributed by atoms with Gasteiger partial charge in [-0.2, -0.15) is 4.31 Å². The van der Waals surface area contributed by atoms with E-state index in [0.717, 1.165) is 41.5 Å². The van der Waals surface area contributed by atoms with Crippen LogP contribution < -0.4 is 0 Å². The monoisotopic (exact) mass is 387 g/mol. The molecule has 0 spiro atoms. The summed E-state index contributed by atoms with van der Waals surface area (Å²) in [4.78, 5) is 0.493. The quantitative estimate of drug-likeness (QED) is 0.605. The molecule has 0 N–H and O–H groups in total. The summed E-state index contributed by atoms with van der Waals surface area (Å²) < 4.78 is 29.3. The molecule has 3 rings (SSSR count). The van der Waals surface area contributed by atoms with Gasteiger partial charge in [-0.3, -0.25) is 0 Å². The molecule has 1 saturated heterocycles. The third-order valence-electron chi connectivity index (χ3n) is 6.41. The third kappa shape index (κ3) is 3.21. The average molecular weight is 388 g/mol. The molecule has 1 aromatic rings. The van der Waals surface area contributed by atoms with Crippen LogP contribution in [0.5, 0.6) is 0 Å². The summed E-state index contributed by atoms with van der Waals surface area (Å²) in [6, 6.07) is 3.95. The van der Waals surface area contributed by atoms with Crippen LogP contribution in [0.3, 0.4) is 0 Å². The molecule has 3 atom stereocenters. The lowest BCUT2D eigenvalue weighted by Crippen LogP contribution is -2.43. The van der Waals surface area contributed by atoms with E-state index in [2.05, 4.69) is 27.0 Å². The molecule has 2 fully saturated rings. The zero-order valence-electron chi connectivity index (χ0n) is 17.4. The molecule has 148 valence electrons. The van der Waals surface area contributed by atoms with Gasteiger partial charge in [-0.15, -0.1) is 6.58 Å². The predicted molar refractivity (Wildman–Crippen MR) is 112 cm³/mol. The third-order valence-corrected chi connectivity index (χ3v) is 8.59. The van der Waals surface area contributed by atoms with Crippen LogP contribution in [0.4, 0.5) is 0 Å². The standard InChI is InChI=1S/C23H33NO2S/c1-8-9-19(7)23-13-20(23)14-24(21(23)10-15(2)3)27(25,26)22-17(5)11-16(4)12-18(22)6/h8,11-12,15,20-21H,1,7,9-10,13-14H2,2-6H3/t20-,21-,23+/m0/s1. The number of sulfonamides is 1. The molecule has 0 unspecified atom stereocenters. The van der Waals surface area contributed by atoms with Crippen LogP contribution in [0.15, 0.2) is 41.8 Å². The maximum Gasteiger partial charge on any atom is 0.243 e. The molecule has 0 radical (unpaired) electrons. The SMILES string of the molecule is C=CCC(=C)[C@]12C[C@H]1CN(S(=O)(=O)c1c(C)cc(C)cc1C)[C@H]2CC(C)C. The Morgan fingerprint density at radius 3 is 2.41 bits per heavy atom. The highest BCUT2D eigenvalue weighted by Gasteiger charge is 2.68. The first kappa shape index (κ1) is 20.3. The number of piperidine rings is 1. The zero-order chi connectivity index (χ0) is 20.1. The van der Waals surface area contributed by atoms with E-state index in [-0.39, 0.29) is 11.5 Å². The minimum atomic E-state index is -3.53. The molecule has 0 amide bonds. The molecular formula is C23H33NO2S. The van der Waals surface area contributed by atoms with Crippen molar-refractivity contribution in [2.24, 2.45) is 17.3 Å². The van der Waals surface area contributed by atoms with Gasteiger partial charge >= 0.3 is 0 Å². The second-order valence-electron chi connectivity index (χ2n) is 8.99. The maximum atomic E-state index is 13.7. The van der Waals surface area contributed by atoms with Crippen LogP contribution in [0.1, 0.15) is 49.8 Å². The van der Waals surface area contributed by atoms with Crippen LogP contribution in [0.25, 0.3) is 0 Å². The lowest BCUT2D eigenvalue weighted by Gasteiger charge is -2.34. The molecule has 27 heavy (non-hydrogen) atoms. The minimum Gasteiger partial charge on any atom is -0.207 e. The van der Waals surface area contributed by atoms with Gasteiger partial charge in [-0.25, -0.2) is 8.42 Å². The molecule has 1 aromatic carbocycles.